The molecule has 12 nitrogen and oxygen atoms in total. The van der Waals surface area contributed by atoms with Crippen molar-refractivity contribution in [3.63, 3.8) is 0 Å². The predicted molar refractivity (Wildman–Crippen MR) is 75.6 cm³/mol. The summed E-state index contributed by atoms with van der Waals surface area (Å²) in [5, 5.41) is 17.3. The van der Waals surface area contributed by atoms with Crippen molar-refractivity contribution in [2.24, 2.45) is 0 Å². The summed E-state index contributed by atoms with van der Waals surface area (Å²) in [6, 6.07) is 0. The number of aliphatic carboxylic acids is 2. The van der Waals surface area contributed by atoms with Crippen LogP contribution in [0.25, 0.3) is 0 Å². The van der Waals surface area contributed by atoms with E-state index in [1.165, 1.54) is 6.92 Å². The molecule has 132 valence electrons. The lowest BCUT2D eigenvalue weighted by Gasteiger charge is -2.12. The zero-order valence-corrected chi connectivity index (χ0v) is 12.6. The maximum absolute atomic E-state index is 12.1. The lowest BCUT2D eigenvalue weighted by atomic mass is 10.4. The Morgan fingerprint density at radius 2 is 1.29 bits per heavy atom. The number of aromatic nitrogens is 3. The average molecular weight is 345 g/mol. The largest absolute Gasteiger partial charge is 0.481 e. The van der Waals surface area contributed by atoms with Gasteiger partial charge in [0.2, 0.25) is 0 Å². The molecule has 0 aliphatic heterocycles. The van der Waals surface area contributed by atoms with Gasteiger partial charge in [0.05, 0.1) is 12.8 Å². The molecule has 0 aromatic carbocycles. The van der Waals surface area contributed by atoms with Gasteiger partial charge in [0.25, 0.3) is 0 Å². The minimum atomic E-state index is -1.32. The standard InChI is InChI=1S/C12H15N3O9/c1-2-9(20)24-15-11(22)13(5-3-7(16)17)10(21)14(12(15)23)6-4-8(18)19/h2-6H2,1H3,(H,16,17)(H,18,19). The van der Waals surface area contributed by atoms with Crippen molar-refractivity contribution >= 4 is 17.9 Å². The second-order valence-corrected chi connectivity index (χ2v) is 4.55. The number of carboxylic acids is 2. The monoisotopic (exact) mass is 345 g/mol. The number of carbonyl (C=O) groups excluding carboxylic acids is 1. The van der Waals surface area contributed by atoms with E-state index in [-0.39, 0.29) is 11.2 Å². The van der Waals surface area contributed by atoms with Crippen molar-refractivity contribution in [3.8, 4) is 0 Å². The Bertz CT molecular complexity index is 773. The lowest BCUT2D eigenvalue weighted by Crippen LogP contribution is -2.57. The molecular formula is C12H15N3O9. The van der Waals surface area contributed by atoms with Crippen molar-refractivity contribution in [1.29, 1.82) is 0 Å². The molecule has 0 aliphatic carbocycles. The summed E-state index contributed by atoms with van der Waals surface area (Å²) >= 11 is 0. The molecule has 0 spiro atoms. The Morgan fingerprint density at radius 3 is 1.62 bits per heavy atom. The van der Waals surface area contributed by atoms with E-state index in [1.807, 2.05) is 0 Å². The summed E-state index contributed by atoms with van der Waals surface area (Å²) in [5.41, 5.74) is -3.82. The van der Waals surface area contributed by atoms with Crippen LogP contribution < -0.4 is 21.9 Å². The Labute approximate surface area is 133 Å². The van der Waals surface area contributed by atoms with Crippen molar-refractivity contribution in [1.82, 2.24) is 13.9 Å². The topological polar surface area (TPSA) is 167 Å². The molecule has 1 aromatic rings. The highest BCUT2D eigenvalue weighted by Crippen LogP contribution is 1.86. The van der Waals surface area contributed by atoms with E-state index in [4.69, 9.17) is 10.2 Å². The summed E-state index contributed by atoms with van der Waals surface area (Å²) in [6.45, 7) is 0.241. The van der Waals surface area contributed by atoms with Gasteiger partial charge in [-0.2, -0.15) is 0 Å². The third-order valence-electron chi connectivity index (χ3n) is 2.85. The first-order chi connectivity index (χ1) is 11.2. The van der Waals surface area contributed by atoms with E-state index < -0.39 is 60.9 Å². The first-order valence-corrected chi connectivity index (χ1v) is 6.80. The smallest absolute Gasteiger partial charge is 0.370 e. The fourth-order valence-corrected chi connectivity index (χ4v) is 1.65. The van der Waals surface area contributed by atoms with E-state index in [1.54, 1.807) is 0 Å². The third-order valence-corrected chi connectivity index (χ3v) is 2.85. The molecule has 0 fully saturated rings. The molecule has 0 bridgehead atoms. The van der Waals surface area contributed by atoms with Crippen molar-refractivity contribution < 1.29 is 29.4 Å². The average Bonchev–Trinajstić information content (AvgIpc) is 2.50. The Balaban J connectivity index is 3.51. The molecule has 0 saturated carbocycles. The van der Waals surface area contributed by atoms with Crippen molar-refractivity contribution in [3.05, 3.63) is 31.5 Å². The summed E-state index contributed by atoms with van der Waals surface area (Å²) < 4.78 is 0.789. The number of carboxylic acid groups (broad SMARTS) is 2. The highest BCUT2D eigenvalue weighted by Gasteiger charge is 2.19. The summed E-state index contributed by atoms with van der Waals surface area (Å²) in [4.78, 5) is 73.4. The van der Waals surface area contributed by atoms with Crippen LogP contribution in [0, 0.1) is 0 Å². The van der Waals surface area contributed by atoms with Gasteiger partial charge in [-0.1, -0.05) is 11.7 Å². The number of nitrogens with zero attached hydrogens (tertiary/aromatic N) is 3. The van der Waals surface area contributed by atoms with Crippen LogP contribution in [0.4, 0.5) is 0 Å². The molecule has 1 aromatic heterocycles. The fourth-order valence-electron chi connectivity index (χ4n) is 1.65. The van der Waals surface area contributed by atoms with Gasteiger partial charge < -0.3 is 15.1 Å². The van der Waals surface area contributed by atoms with E-state index in [0.29, 0.717) is 9.13 Å². The molecule has 0 unspecified atom stereocenters. The minimum absolute atomic E-state index is 0.0108. The molecule has 2 N–H and O–H groups in total. The molecule has 24 heavy (non-hydrogen) atoms. The van der Waals surface area contributed by atoms with E-state index >= 15 is 0 Å². The molecule has 1 heterocycles. The highest BCUT2D eigenvalue weighted by molar-refractivity contribution is 5.69. The molecule has 0 radical (unpaired) electrons. The lowest BCUT2D eigenvalue weighted by molar-refractivity contribution is -0.145. The Hall–Kier alpha value is -3.18. The number of hydrogen-bond donors (Lipinski definition) is 2. The van der Waals surface area contributed by atoms with Crippen LogP contribution >= 0.6 is 0 Å². The van der Waals surface area contributed by atoms with E-state index in [9.17, 15) is 28.8 Å². The van der Waals surface area contributed by atoms with Gasteiger partial charge in [-0.3, -0.25) is 9.59 Å². The van der Waals surface area contributed by atoms with Crippen LogP contribution in [0.2, 0.25) is 0 Å². The zero-order valence-electron chi connectivity index (χ0n) is 12.6. The van der Waals surface area contributed by atoms with Crippen LogP contribution in [0.3, 0.4) is 0 Å². The van der Waals surface area contributed by atoms with Gasteiger partial charge in [-0.25, -0.2) is 28.3 Å². The summed E-state index contributed by atoms with van der Waals surface area (Å²) in [7, 11) is 0. The van der Waals surface area contributed by atoms with Crippen LogP contribution in [-0.2, 0) is 27.5 Å². The fraction of sp³-hybridized carbons (Fsp3) is 0.500. The highest BCUT2D eigenvalue weighted by atomic mass is 16.7. The van der Waals surface area contributed by atoms with Gasteiger partial charge in [0.15, 0.2) is 0 Å². The van der Waals surface area contributed by atoms with Gasteiger partial charge in [-0.05, 0) is 0 Å². The SMILES string of the molecule is CCC(=O)On1c(=O)n(CCC(=O)O)c(=O)n(CCC(=O)O)c1=O. The van der Waals surface area contributed by atoms with Crippen LogP contribution in [0.1, 0.15) is 26.2 Å². The first-order valence-electron chi connectivity index (χ1n) is 6.80. The van der Waals surface area contributed by atoms with Crippen LogP contribution in [0.5, 0.6) is 0 Å². The molecule has 1 rings (SSSR count). The normalized spacial score (nSPS) is 10.4. The first kappa shape index (κ1) is 18.9. The minimum Gasteiger partial charge on any atom is -0.481 e. The van der Waals surface area contributed by atoms with Crippen LogP contribution in [-0.4, -0.2) is 42.0 Å². The van der Waals surface area contributed by atoms with Gasteiger partial charge in [0, 0.05) is 19.5 Å². The third kappa shape index (κ3) is 4.41. The maximum Gasteiger partial charge on any atom is 0.370 e. The van der Waals surface area contributed by atoms with E-state index in [0.717, 1.165) is 0 Å². The number of rotatable bonds is 8. The zero-order chi connectivity index (χ0) is 18.4. The van der Waals surface area contributed by atoms with Crippen molar-refractivity contribution in [2.45, 2.75) is 39.3 Å². The predicted octanol–water partition coefficient (Wildman–Crippen LogP) is -2.51. The van der Waals surface area contributed by atoms with Crippen molar-refractivity contribution in [2.75, 3.05) is 0 Å². The van der Waals surface area contributed by atoms with Gasteiger partial charge in [0.1, 0.15) is 0 Å². The molecule has 0 aliphatic rings. The Kier molecular flexibility index (Phi) is 6.21. The van der Waals surface area contributed by atoms with E-state index in [2.05, 4.69) is 4.84 Å². The summed E-state index contributed by atoms with van der Waals surface area (Å²) in [5.74, 6) is -3.55. The van der Waals surface area contributed by atoms with Gasteiger partial charge >= 0.3 is 35.0 Å². The second-order valence-electron chi connectivity index (χ2n) is 4.55. The Morgan fingerprint density at radius 1 is 0.875 bits per heavy atom. The van der Waals surface area contributed by atoms with Crippen LogP contribution in [0.15, 0.2) is 14.4 Å². The quantitative estimate of drug-likeness (QED) is 0.517. The molecule has 0 amide bonds. The number of hydrogen-bond acceptors (Lipinski definition) is 7. The molecular weight excluding hydrogens is 330 g/mol. The molecule has 0 atom stereocenters. The molecule has 0 saturated heterocycles. The second kappa shape index (κ2) is 7.89. The number of carbonyl (C=O) groups is 3. The molecule has 12 heteroatoms. The van der Waals surface area contributed by atoms with Gasteiger partial charge in [-0.15, -0.1) is 0 Å². The maximum atomic E-state index is 12.1. The summed E-state index contributed by atoms with van der Waals surface area (Å²) in [6.07, 6.45) is -1.38.